The highest BCUT2D eigenvalue weighted by Gasteiger charge is 2.03. The summed E-state index contributed by atoms with van der Waals surface area (Å²) in [5.74, 6) is 1.38. The van der Waals surface area contributed by atoms with Crippen molar-refractivity contribution in [3.8, 4) is 11.5 Å². The van der Waals surface area contributed by atoms with E-state index in [2.05, 4.69) is 18.3 Å². The van der Waals surface area contributed by atoms with Crippen LogP contribution in [0, 0.1) is 13.8 Å². The molecule has 2 aromatic carbocycles. The predicted octanol–water partition coefficient (Wildman–Crippen LogP) is 3.44. The van der Waals surface area contributed by atoms with E-state index in [4.69, 9.17) is 9.47 Å². The molecule has 0 heterocycles. The lowest BCUT2D eigenvalue weighted by molar-refractivity contribution is -0.123. The average molecular weight is 327 g/mol. The standard InChI is InChI=1S/C20H25NO3/c1-4-17-5-7-18(8-6-17)23-10-9-21-20(22)14-24-19-12-15(2)11-16(3)13-19/h5-8,11-13H,4,9-10,14H2,1-3H3,(H,21,22). The van der Waals surface area contributed by atoms with Gasteiger partial charge in [0.25, 0.3) is 5.91 Å². The predicted molar refractivity (Wildman–Crippen MR) is 95.7 cm³/mol. The lowest BCUT2D eigenvalue weighted by atomic mass is 10.1. The number of ether oxygens (including phenoxy) is 2. The molecular formula is C20H25NO3. The average Bonchev–Trinajstić information content (AvgIpc) is 2.56. The number of amides is 1. The van der Waals surface area contributed by atoms with Crippen LogP contribution in [-0.4, -0.2) is 25.7 Å². The summed E-state index contributed by atoms with van der Waals surface area (Å²) in [6, 6.07) is 13.9. The maximum Gasteiger partial charge on any atom is 0.258 e. The van der Waals surface area contributed by atoms with Crippen LogP contribution in [-0.2, 0) is 11.2 Å². The van der Waals surface area contributed by atoms with Crippen LogP contribution in [0.4, 0.5) is 0 Å². The minimum Gasteiger partial charge on any atom is -0.492 e. The molecule has 0 bridgehead atoms. The number of aryl methyl sites for hydroxylation is 3. The maximum absolute atomic E-state index is 11.8. The molecule has 0 aromatic heterocycles. The minimum absolute atomic E-state index is 0.00803. The highest BCUT2D eigenvalue weighted by atomic mass is 16.5. The number of benzene rings is 2. The molecule has 2 rings (SSSR count). The van der Waals surface area contributed by atoms with Crippen molar-refractivity contribution in [2.24, 2.45) is 0 Å². The summed E-state index contributed by atoms with van der Waals surface area (Å²) < 4.78 is 11.1. The van der Waals surface area contributed by atoms with Gasteiger partial charge < -0.3 is 14.8 Å². The summed E-state index contributed by atoms with van der Waals surface area (Å²) in [7, 11) is 0. The van der Waals surface area contributed by atoms with Gasteiger partial charge in [0, 0.05) is 0 Å². The molecule has 0 saturated carbocycles. The Morgan fingerprint density at radius 3 is 2.25 bits per heavy atom. The number of hydrogen-bond donors (Lipinski definition) is 1. The number of carbonyl (C=O) groups is 1. The van der Waals surface area contributed by atoms with Gasteiger partial charge in [-0.3, -0.25) is 4.79 Å². The van der Waals surface area contributed by atoms with Crippen molar-refractivity contribution in [3.63, 3.8) is 0 Å². The Kier molecular flexibility index (Phi) is 6.67. The molecule has 0 spiro atoms. The van der Waals surface area contributed by atoms with Crippen molar-refractivity contribution < 1.29 is 14.3 Å². The van der Waals surface area contributed by atoms with E-state index >= 15 is 0 Å². The molecule has 2 aromatic rings. The largest absolute Gasteiger partial charge is 0.492 e. The zero-order valence-corrected chi connectivity index (χ0v) is 14.6. The summed E-state index contributed by atoms with van der Waals surface area (Å²) in [6.07, 6.45) is 1.01. The molecule has 0 fully saturated rings. The van der Waals surface area contributed by atoms with Gasteiger partial charge >= 0.3 is 0 Å². The Labute approximate surface area is 143 Å². The zero-order chi connectivity index (χ0) is 17.4. The molecule has 4 heteroatoms. The number of nitrogens with one attached hydrogen (secondary N) is 1. The molecule has 4 nitrogen and oxygen atoms in total. The van der Waals surface area contributed by atoms with Crippen LogP contribution in [0.1, 0.15) is 23.6 Å². The monoisotopic (exact) mass is 327 g/mol. The van der Waals surface area contributed by atoms with Crippen molar-refractivity contribution in [2.45, 2.75) is 27.2 Å². The van der Waals surface area contributed by atoms with E-state index in [0.29, 0.717) is 13.2 Å². The molecule has 128 valence electrons. The van der Waals surface area contributed by atoms with Crippen LogP contribution in [0.15, 0.2) is 42.5 Å². The Morgan fingerprint density at radius 2 is 1.62 bits per heavy atom. The maximum atomic E-state index is 11.8. The first-order chi connectivity index (χ1) is 11.6. The fourth-order valence-corrected chi connectivity index (χ4v) is 2.40. The van der Waals surface area contributed by atoms with E-state index in [0.717, 1.165) is 29.0 Å². The van der Waals surface area contributed by atoms with Crippen molar-refractivity contribution in [1.82, 2.24) is 5.32 Å². The second-order valence-corrected chi connectivity index (χ2v) is 5.81. The number of carbonyl (C=O) groups excluding carboxylic acids is 1. The first kappa shape index (κ1) is 17.9. The molecule has 1 amide bonds. The van der Waals surface area contributed by atoms with E-state index in [-0.39, 0.29) is 12.5 Å². The van der Waals surface area contributed by atoms with Crippen molar-refractivity contribution >= 4 is 5.91 Å². The van der Waals surface area contributed by atoms with E-state index < -0.39 is 0 Å². The van der Waals surface area contributed by atoms with Crippen LogP contribution in [0.5, 0.6) is 11.5 Å². The smallest absolute Gasteiger partial charge is 0.258 e. The van der Waals surface area contributed by atoms with Gasteiger partial charge in [-0.15, -0.1) is 0 Å². The molecule has 0 unspecified atom stereocenters. The van der Waals surface area contributed by atoms with E-state index in [1.807, 2.05) is 50.2 Å². The van der Waals surface area contributed by atoms with Crippen LogP contribution in [0.25, 0.3) is 0 Å². The van der Waals surface area contributed by atoms with Gasteiger partial charge in [-0.05, 0) is 61.2 Å². The van der Waals surface area contributed by atoms with Gasteiger partial charge in [0.2, 0.25) is 0 Å². The molecule has 0 aliphatic heterocycles. The SMILES string of the molecule is CCc1ccc(OCCNC(=O)COc2cc(C)cc(C)c2)cc1. The Balaban J connectivity index is 1.65. The van der Waals surface area contributed by atoms with Gasteiger partial charge in [-0.2, -0.15) is 0 Å². The third-order valence-corrected chi connectivity index (χ3v) is 3.59. The van der Waals surface area contributed by atoms with E-state index in [1.54, 1.807) is 0 Å². The van der Waals surface area contributed by atoms with E-state index in [1.165, 1.54) is 5.56 Å². The van der Waals surface area contributed by atoms with Crippen LogP contribution in [0.3, 0.4) is 0 Å². The lowest BCUT2D eigenvalue weighted by Gasteiger charge is -2.10. The summed E-state index contributed by atoms with van der Waals surface area (Å²) in [5.41, 5.74) is 3.51. The Bertz CT molecular complexity index is 645. The summed E-state index contributed by atoms with van der Waals surface area (Å²) in [4.78, 5) is 11.8. The highest BCUT2D eigenvalue weighted by Crippen LogP contribution is 2.16. The Morgan fingerprint density at radius 1 is 0.958 bits per heavy atom. The van der Waals surface area contributed by atoms with Crippen LogP contribution >= 0.6 is 0 Å². The third-order valence-electron chi connectivity index (χ3n) is 3.59. The Hall–Kier alpha value is -2.49. The lowest BCUT2D eigenvalue weighted by Crippen LogP contribution is -2.32. The quantitative estimate of drug-likeness (QED) is 0.756. The number of hydrogen-bond acceptors (Lipinski definition) is 3. The third kappa shape index (κ3) is 5.95. The van der Waals surface area contributed by atoms with Gasteiger partial charge in [-0.1, -0.05) is 25.1 Å². The summed E-state index contributed by atoms with van der Waals surface area (Å²) in [6.45, 7) is 7.01. The molecular weight excluding hydrogens is 302 g/mol. The van der Waals surface area contributed by atoms with Gasteiger partial charge in [0.15, 0.2) is 6.61 Å². The van der Waals surface area contributed by atoms with Gasteiger partial charge in [0.05, 0.1) is 6.54 Å². The van der Waals surface area contributed by atoms with Crippen LogP contribution in [0.2, 0.25) is 0 Å². The summed E-state index contributed by atoms with van der Waals surface area (Å²) in [5, 5.41) is 2.79. The molecule has 0 aliphatic rings. The van der Waals surface area contributed by atoms with Gasteiger partial charge in [-0.25, -0.2) is 0 Å². The topological polar surface area (TPSA) is 47.6 Å². The second kappa shape index (κ2) is 8.96. The highest BCUT2D eigenvalue weighted by molar-refractivity contribution is 5.77. The fourth-order valence-electron chi connectivity index (χ4n) is 2.40. The zero-order valence-electron chi connectivity index (χ0n) is 14.6. The molecule has 0 aliphatic carbocycles. The van der Waals surface area contributed by atoms with Crippen molar-refractivity contribution in [3.05, 3.63) is 59.2 Å². The second-order valence-electron chi connectivity index (χ2n) is 5.81. The fraction of sp³-hybridized carbons (Fsp3) is 0.350. The number of rotatable bonds is 8. The first-order valence-corrected chi connectivity index (χ1v) is 8.26. The van der Waals surface area contributed by atoms with Crippen molar-refractivity contribution in [1.29, 1.82) is 0 Å². The summed E-state index contributed by atoms with van der Waals surface area (Å²) >= 11 is 0. The van der Waals surface area contributed by atoms with Crippen molar-refractivity contribution in [2.75, 3.05) is 19.8 Å². The normalized spacial score (nSPS) is 10.3. The van der Waals surface area contributed by atoms with E-state index in [9.17, 15) is 4.79 Å². The first-order valence-electron chi connectivity index (χ1n) is 8.26. The molecule has 0 radical (unpaired) electrons. The molecule has 1 N–H and O–H groups in total. The van der Waals surface area contributed by atoms with Gasteiger partial charge in [0.1, 0.15) is 18.1 Å². The minimum atomic E-state index is -0.154. The van der Waals surface area contributed by atoms with Crippen LogP contribution < -0.4 is 14.8 Å². The molecule has 0 saturated heterocycles. The molecule has 24 heavy (non-hydrogen) atoms. The molecule has 0 atom stereocenters.